The summed E-state index contributed by atoms with van der Waals surface area (Å²) < 4.78 is 0. The minimum Gasteiger partial charge on any atom is -0.398 e. The molecule has 0 aliphatic carbocycles. The summed E-state index contributed by atoms with van der Waals surface area (Å²) in [5.74, 6) is -0.641. The second-order valence-corrected chi connectivity index (χ2v) is 4.83. The van der Waals surface area contributed by atoms with E-state index in [-0.39, 0.29) is 11.3 Å². The molecule has 2 rings (SSSR count). The van der Waals surface area contributed by atoms with Crippen LogP contribution in [0.1, 0.15) is 11.1 Å². The number of nitrogens with two attached hydrogens (primary N) is 2. The minimum absolute atomic E-state index is 0.190. The first-order valence-corrected chi connectivity index (χ1v) is 6.41. The van der Waals surface area contributed by atoms with Crippen LogP contribution in [-0.2, 0) is 4.79 Å². The van der Waals surface area contributed by atoms with Crippen LogP contribution < -0.4 is 11.5 Å². The third-order valence-corrected chi connectivity index (χ3v) is 3.45. The number of hydrogen-bond acceptors (Lipinski definition) is 3. The standard InChI is InChI=1S/C14H11Cl2N3O/c15-10-2-1-9(7-11(10)16)12(14(18)20)13(17)8-3-5-19-6-4-8/h1-7H,17H2,(H2,18,20)/b13-12-. The van der Waals surface area contributed by atoms with Crippen LogP contribution in [0.4, 0.5) is 0 Å². The number of rotatable bonds is 3. The van der Waals surface area contributed by atoms with Crippen molar-refractivity contribution in [2.24, 2.45) is 11.5 Å². The molecular weight excluding hydrogens is 297 g/mol. The molecule has 0 bridgehead atoms. The monoisotopic (exact) mass is 307 g/mol. The summed E-state index contributed by atoms with van der Waals surface area (Å²) in [4.78, 5) is 15.6. The van der Waals surface area contributed by atoms with Crippen LogP contribution >= 0.6 is 23.2 Å². The van der Waals surface area contributed by atoms with E-state index in [1.165, 1.54) is 0 Å². The second-order valence-electron chi connectivity index (χ2n) is 4.02. The Hall–Kier alpha value is -2.04. The van der Waals surface area contributed by atoms with E-state index < -0.39 is 5.91 Å². The van der Waals surface area contributed by atoms with Crippen LogP contribution in [0.2, 0.25) is 10.0 Å². The molecule has 6 heteroatoms. The molecule has 1 heterocycles. The summed E-state index contributed by atoms with van der Waals surface area (Å²) in [6.45, 7) is 0. The molecule has 2 aromatic rings. The van der Waals surface area contributed by atoms with E-state index in [1.54, 1.807) is 42.7 Å². The van der Waals surface area contributed by atoms with Crippen LogP contribution in [0.3, 0.4) is 0 Å². The molecule has 0 saturated heterocycles. The molecule has 0 radical (unpaired) electrons. The number of amides is 1. The summed E-state index contributed by atoms with van der Waals surface area (Å²) >= 11 is 11.8. The third-order valence-electron chi connectivity index (χ3n) is 2.72. The maximum absolute atomic E-state index is 11.7. The van der Waals surface area contributed by atoms with Crippen LogP contribution in [0.15, 0.2) is 42.7 Å². The molecule has 20 heavy (non-hydrogen) atoms. The maximum Gasteiger partial charge on any atom is 0.251 e. The predicted octanol–water partition coefficient (Wildman–Crippen LogP) is 2.70. The van der Waals surface area contributed by atoms with Gasteiger partial charge in [0.05, 0.1) is 21.3 Å². The molecule has 102 valence electrons. The summed E-state index contributed by atoms with van der Waals surface area (Å²) in [6.07, 6.45) is 3.16. The van der Waals surface area contributed by atoms with Crippen LogP contribution in [0, 0.1) is 0 Å². The van der Waals surface area contributed by atoms with Gasteiger partial charge in [-0.15, -0.1) is 0 Å². The van der Waals surface area contributed by atoms with Gasteiger partial charge < -0.3 is 11.5 Å². The number of pyridine rings is 1. The quantitative estimate of drug-likeness (QED) is 0.855. The first kappa shape index (κ1) is 14.4. The Labute approximate surface area is 126 Å². The molecule has 0 spiro atoms. The molecule has 1 aromatic carbocycles. The van der Waals surface area contributed by atoms with Gasteiger partial charge in [-0.2, -0.15) is 0 Å². The molecule has 1 amide bonds. The Morgan fingerprint density at radius 1 is 0.950 bits per heavy atom. The second kappa shape index (κ2) is 5.94. The van der Waals surface area contributed by atoms with Gasteiger partial charge in [0.1, 0.15) is 0 Å². The maximum atomic E-state index is 11.7. The number of aromatic nitrogens is 1. The highest BCUT2D eigenvalue weighted by molar-refractivity contribution is 6.42. The zero-order chi connectivity index (χ0) is 14.7. The summed E-state index contributed by atoms with van der Waals surface area (Å²) in [5.41, 5.74) is 13.1. The van der Waals surface area contributed by atoms with Gasteiger partial charge in [-0.05, 0) is 29.8 Å². The number of primary amides is 1. The van der Waals surface area contributed by atoms with Gasteiger partial charge in [0.25, 0.3) is 5.91 Å². The minimum atomic E-state index is -0.641. The van der Waals surface area contributed by atoms with Gasteiger partial charge >= 0.3 is 0 Å². The van der Waals surface area contributed by atoms with Crippen molar-refractivity contribution < 1.29 is 4.79 Å². The van der Waals surface area contributed by atoms with Crippen molar-refractivity contribution in [3.63, 3.8) is 0 Å². The normalized spacial score (nSPS) is 11.9. The van der Waals surface area contributed by atoms with Gasteiger partial charge in [0, 0.05) is 18.0 Å². The average molecular weight is 308 g/mol. The van der Waals surface area contributed by atoms with Crippen LogP contribution in [-0.4, -0.2) is 10.9 Å². The number of carbonyl (C=O) groups is 1. The summed E-state index contributed by atoms with van der Waals surface area (Å²) in [7, 11) is 0. The Morgan fingerprint density at radius 3 is 2.15 bits per heavy atom. The Kier molecular flexibility index (Phi) is 4.27. The SMILES string of the molecule is NC(=O)/C(=C(\N)c1ccncc1)c1ccc(Cl)c(Cl)c1. The van der Waals surface area contributed by atoms with Gasteiger partial charge in [-0.3, -0.25) is 9.78 Å². The molecular formula is C14H11Cl2N3O. The van der Waals surface area contributed by atoms with Crippen molar-refractivity contribution >= 4 is 40.4 Å². The molecule has 0 aliphatic heterocycles. The summed E-state index contributed by atoms with van der Waals surface area (Å²) in [6, 6.07) is 8.16. The molecule has 0 atom stereocenters. The largest absolute Gasteiger partial charge is 0.398 e. The predicted molar refractivity (Wildman–Crippen MR) is 80.9 cm³/mol. The van der Waals surface area contributed by atoms with E-state index in [4.69, 9.17) is 34.7 Å². The molecule has 0 aliphatic rings. The Bertz CT molecular complexity index is 684. The third kappa shape index (κ3) is 2.92. The lowest BCUT2D eigenvalue weighted by Crippen LogP contribution is -2.17. The number of halogens is 2. The molecule has 0 fully saturated rings. The fourth-order valence-corrected chi connectivity index (χ4v) is 2.06. The number of benzene rings is 1. The van der Waals surface area contributed by atoms with E-state index >= 15 is 0 Å². The van der Waals surface area contributed by atoms with Crippen molar-refractivity contribution in [3.05, 3.63) is 63.9 Å². The van der Waals surface area contributed by atoms with Crippen LogP contribution in [0.5, 0.6) is 0 Å². The van der Waals surface area contributed by atoms with E-state index in [0.29, 0.717) is 21.2 Å². The lowest BCUT2D eigenvalue weighted by Gasteiger charge is -2.10. The number of hydrogen-bond donors (Lipinski definition) is 2. The average Bonchev–Trinajstić information content (AvgIpc) is 2.43. The highest BCUT2D eigenvalue weighted by atomic mass is 35.5. The van der Waals surface area contributed by atoms with Gasteiger partial charge in [0.2, 0.25) is 0 Å². The van der Waals surface area contributed by atoms with Crippen molar-refractivity contribution in [1.82, 2.24) is 4.98 Å². The van der Waals surface area contributed by atoms with E-state index in [9.17, 15) is 4.79 Å². The topological polar surface area (TPSA) is 82.0 Å². The van der Waals surface area contributed by atoms with E-state index in [0.717, 1.165) is 0 Å². The molecule has 1 aromatic heterocycles. The number of nitrogens with zero attached hydrogens (tertiary/aromatic N) is 1. The van der Waals surface area contributed by atoms with E-state index in [2.05, 4.69) is 4.98 Å². The first-order valence-electron chi connectivity index (χ1n) is 5.66. The zero-order valence-electron chi connectivity index (χ0n) is 10.3. The molecule has 0 saturated carbocycles. The zero-order valence-corrected chi connectivity index (χ0v) is 11.8. The van der Waals surface area contributed by atoms with Crippen molar-refractivity contribution in [1.29, 1.82) is 0 Å². The molecule has 4 nitrogen and oxygen atoms in total. The Morgan fingerprint density at radius 2 is 1.60 bits per heavy atom. The van der Waals surface area contributed by atoms with Crippen molar-refractivity contribution in [2.45, 2.75) is 0 Å². The van der Waals surface area contributed by atoms with Gasteiger partial charge in [0.15, 0.2) is 0 Å². The van der Waals surface area contributed by atoms with Crippen molar-refractivity contribution in [3.8, 4) is 0 Å². The van der Waals surface area contributed by atoms with Crippen molar-refractivity contribution in [2.75, 3.05) is 0 Å². The fraction of sp³-hybridized carbons (Fsp3) is 0. The van der Waals surface area contributed by atoms with Gasteiger partial charge in [-0.25, -0.2) is 0 Å². The highest BCUT2D eigenvalue weighted by Crippen LogP contribution is 2.28. The lowest BCUT2D eigenvalue weighted by atomic mass is 10.00. The fourth-order valence-electron chi connectivity index (χ4n) is 1.76. The van der Waals surface area contributed by atoms with E-state index in [1.807, 2.05) is 0 Å². The first-order chi connectivity index (χ1) is 9.50. The van der Waals surface area contributed by atoms with Crippen LogP contribution in [0.25, 0.3) is 11.3 Å². The molecule has 4 N–H and O–H groups in total. The lowest BCUT2D eigenvalue weighted by molar-refractivity contribution is -0.112. The van der Waals surface area contributed by atoms with Gasteiger partial charge in [-0.1, -0.05) is 29.3 Å². The Balaban J connectivity index is 2.62. The summed E-state index contributed by atoms with van der Waals surface area (Å²) in [5, 5.41) is 0.715. The highest BCUT2D eigenvalue weighted by Gasteiger charge is 2.15. The smallest absolute Gasteiger partial charge is 0.251 e. The number of carbonyl (C=O) groups excluding carboxylic acids is 1. The molecule has 0 unspecified atom stereocenters.